The summed E-state index contributed by atoms with van der Waals surface area (Å²) in [5.74, 6) is 6.59. The lowest BCUT2D eigenvalue weighted by molar-refractivity contribution is 0.0679. The first kappa shape index (κ1) is 16.5. The maximum absolute atomic E-state index is 9.29. The second-order valence-electron chi connectivity index (χ2n) is 5.27. The Bertz CT molecular complexity index is 475. The fourth-order valence-electron chi connectivity index (χ4n) is 1.54. The molecule has 4 nitrogen and oxygen atoms in total. The maximum atomic E-state index is 9.29. The van der Waals surface area contributed by atoms with Crippen LogP contribution in [-0.2, 0) is 0 Å². The predicted octanol–water partition coefficient (Wildman–Crippen LogP) is 1.08. The van der Waals surface area contributed by atoms with Gasteiger partial charge >= 0.3 is 0 Å². The van der Waals surface area contributed by atoms with Crippen LogP contribution in [0.25, 0.3) is 0 Å². The Morgan fingerprint density at radius 1 is 1.40 bits per heavy atom. The van der Waals surface area contributed by atoms with Gasteiger partial charge in [0.1, 0.15) is 12.4 Å². The minimum absolute atomic E-state index is 0.119. The van der Waals surface area contributed by atoms with Crippen LogP contribution in [0.4, 0.5) is 0 Å². The van der Waals surface area contributed by atoms with Crippen molar-refractivity contribution >= 4 is 0 Å². The van der Waals surface area contributed by atoms with Gasteiger partial charge in [0.2, 0.25) is 0 Å². The average Bonchev–Trinajstić information content (AvgIpc) is 2.45. The summed E-state index contributed by atoms with van der Waals surface area (Å²) in [7, 11) is 1.97. The summed E-state index contributed by atoms with van der Waals surface area (Å²) in [5.41, 5.74) is 6.01. The minimum Gasteiger partial charge on any atom is -0.492 e. The van der Waals surface area contributed by atoms with Crippen LogP contribution in [0.2, 0.25) is 0 Å². The molecule has 0 fully saturated rings. The Labute approximate surface area is 121 Å². The first-order valence-electron chi connectivity index (χ1n) is 6.73. The number of ether oxygens (including phenoxy) is 1. The van der Waals surface area contributed by atoms with Crippen molar-refractivity contribution in [2.24, 2.45) is 5.73 Å². The first-order valence-corrected chi connectivity index (χ1v) is 6.73. The second kappa shape index (κ2) is 7.91. The van der Waals surface area contributed by atoms with E-state index in [1.165, 1.54) is 0 Å². The fraction of sp³-hybridized carbons (Fsp3) is 0.500. The van der Waals surface area contributed by atoms with Crippen molar-refractivity contribution in [1.82, 2.24) is 4.90 Å². The Morgan fingerprint density at radius 2 is 2.15 bits per heavy atom. The van der Waals surface area contributed by atoms with Crippen molar-refractivity contribution in [2.75, 3.05) is 33.4 Å². The lowest BCUT2D eigenvalue weighted by atomic mass is 10.1. The molecule has 0 saturated heterocycles. The maximum Gasteiger partial charge on any atom is 0.120 e. The quantitative estimate of drug-likeness (QED) is 0.763. The van der Waals surface area contributed by atoms with E-state index in [0.717, 1.165) is 17.9 Å². The summed E-state index contributed by atoms with van der Waals surface area (Å²) >= 11 is 0. The van der Waals surface area contributed by atoms with E-state index in [1.807, 2.05) is 45.2 Å². The molecule has 0 aliphatic carbocycles. The Hall–Kier alpha value is -1.54. The van der Waals surface area contributed by atoms with E-state index >= 15 is 0 Å². The van der Waals surface area contributed by atoms with Crippen LogP contribution < -0.4 is 10.5 Å². The number of nitrogens with zero attached hydrogens (tertiary/aromatic N) is 1. The molecular formula is C16H24N2O2. The SMILES string of the molecule is CN(CCOc1cccc(C#CCN)c1)C(C)(C)CO. The topological polar surface area (TPSA) is 58.7 Å². The predicted molar refractivity (Wildman–Crippen MR) is 81.7 cm³/mol. The third-order valence-corrected chi connectivity index (χ3v) is 3.28. The molecule has 0 amide bonds. The number of hydrogen-bond donors (Lipinski definition) is 2. The van der Waals surface area contributed by atoms with Crippen LogP contribution in [0, 0.1) is 11.8 Å². The van der Waals surface area contributed by atoms with E-state index in [-0.39, 0.29) is 12.1 Å². The Morgan fingerprint density at radius 3 is 2.80 bits per heavy atom. The molecule has 0 aliphatic rings. The zero-order valence-corrected chi connectivity index (χ0v) is 12.5. The molecule has 4 heteroatoms. The number of benzene rings is 1. The number of likely N-dealkylation sites (N-methyl/N-ethyl adjacent to an activating group) is 1. The van der Waals surface area contributed by atoms with E-state index in [4.69, 9.17) is 10.5 Å². The molecule has 0 saturated carbocycles. The highest BCUT2D eigenvalue weighted by Gasteiger charge is 2.21. The second-order valence-corrected chi connectivity index (χ2v) is 5.27. The van der Waals surface area contributed by atoms with Crippen LogP contribution in [0.1, 0.15) is 19.4 Å². The standard InChI is InChI=1S/C16H24N2O2/c1-16(2,13-19)18(3)10-11-20-15-8-4-6-14(12-15)7-5-9-17/h4,6,8,12,19H,9-11,13,17H2,1-3H3. The highest BCUT2D eigenvalue weighted by Crippen LogP contribution is 2.14. The number of nitrogens with two attached hydrogens (primary N) is 1. The van der Waals surface area contributed by atoms with Gasteiger partial charge in [-0.15, -0.1) is 0 Å². The smallest absolute Gasteiger partial charge is 0.120 e. The average molecular weight is 276 g/mol. The highest BCUT2D eigenvalue weighted by molar-refractivity contribution is 5.39. The molecule has 0 atom stereocenters. The van der Waals surface area contributed by atoms with Gasteiger partial charge in [-0.05, 0) is 39.1 Å². The summed E-state index contributed by atoms with van der Waals surface area (Å²) in [6.45, 7) is 5.77. The van der Waals surface area contributed by atoms with Crippen LogP contribution in [0.3, 0.4) is 0 Å². The van der Waals surface area contributed by atoms with Crippen LogP contribution in [0.5, 0.6) is 5.75 Å². The van der Waals surface area contributed by atoms with Gasteiger partial charge in [0, 0.05) is 17.6 Å². The molecule has 3 N–H and O–H groups in total. The molecule has 1 rings (SSSR count). The summed E-state index contributed by atoms with van der Waals surface area (Å²) in [5, 5.41) is 9.29. The van der Waals surface area contributed by atoms with Gasteiger partial charge in [0.05, 0.1) is 13.2 Å². The van der Waals surface area contributed by atoms with E-state index < -0.39 is 0 Å². The molecule has 20 heavy (non-hydrogen) atoms. The van der Waals surface area contributed by atoms with Crippen LogP contribution in [0.15, 0.2) is 24.3 Å². The molecular weight excluding hydrogens is 252 g/mol. The van der Waals surface area contributed by atoms with Gasteiger partial charge < -0.3 is 15.6 Å². The molecule has 110 valence electrons. The van der Waals surface area contributed by atoms with Crippen molar-refractivity contribution in [3.05, 3.63) is 29.8 Å². The normalized spacial score (nSPS) is 11.1. The van der Waals surface area contributed by atoms with Crippen molar-refractivity contribution in [2.45, 2.75) is 19.4 Å². The Balaban J connectivity index is 2.50. The molecule has 1 aromatic rings. The van der Waals surface area contributed by atoms with E-state index in [1.54, 1.807) is 0 Å². The number of aliphatic hydroxyl groups excluding tert-OH is 1. The minimum atomic E-state index is -0.238. The van der Waals surface area contributed by atoms with Gasteiger partial charge in [-0.3, -0.25) is 4.90 Å². The number of hydrogen-bond acceptors (Lipinski definition) is 4. The zero-order valence-electron chi connectivity index (χ0n) is 12.5. The van der Waals surface area contributed by atoms with E-state index in [9.17, 15) is 5.11 Å². The molecule has 0 aromatic heterocycles. The first-order chi connectivity index (χ1) is 9.49. The molecule has 0 aliphatic heterocycles. The number of rotatable bonds is 6. The molecule has 0 bridgehead atoms. The van der Waals surface area contributed by atoms with Crippen molar-refractivity contribution in [1.29, 1.82) is 0 Å². The van der Waals surface area contributed by atoms with E-state index in [2.05, 4.69) is 16.7 Å². The van der Waals surface area contributed by atoms with Crippen molar-refractivity contribution in [3.8, 4) is 17.6 Å². The molecule has 0 spiro atoms. The highest BCUT2D eigenvalue weighted by atomic mass is 16.5. The third kappa shape index (κ3) is 5.22. The van der Waals surface area contributed by atoms with Gasteiger partial charge in [0.15, 0.2) is 0 Å². The van der Waals surface area contributed by atoms with Gasteiger partial charge in [-0.1, -0.05) is 17.9 Å². The molecule has 0 heterocycles. The van der Waals surface area contributed by atoms with Crippen molar-refractivity contribution in [3.63, 3.8) is 0 Å². The van der Waals surface area contributed by atoms with E-state index in [0.29, 0.717) is 13.2 Å². The Kier molecular flexibility index (Phi) is 6.53. The monoisotopic (exact) mass is 276 g/mol. The van der Waals surface area contributed by atoms with Crippen molar-refractivity contribution < 1.29 is 9.84 Å². The summed E-state index contributed by atoms with van der Waals surface area (Å²) in [6.07, 6.45) is 0. The summed E-state index contributed by atoms with van der Waals surface area (Å²) in [6, 6.07) is 7.65. The zero-order chi connectivity index (χ0) is 15.0. The number of aliphatic hydroxyl groups is 1. The third-order valence-electron chi connectivity index (χ3n) is 3.28. The lowest BCUT2D eigenvalue weighted by Gasteiger charge is -2.33. The fourth-order valence-corrected chi connectivity index (χ4v) is 1.54. The van der Waals surface area contributed by atoms with Gasteiger partial charge in [-0.2, -0.15) is 0 Å². The molecule has 1 aromatic carbocycles. The van der Waals surface area contributed by atoms with Gasteiger partial charge in [0.25, 0.3) is 0 Å². The molecule has 0 unspecified atom stereocenters. The summed E-state index contributed by atoms with van der Waals surface area (Å²) < 4.78 is 5.71. The lowest BCUT2D eigenvalue weighted by Crippen LogP contribution is -2.45. The van der Waals surface area contributed by atoms with Crippen LogP contribution >= 0.6 is 0 Å². The van der Waals surface area contributed by atoms with Crippen LogP contribution in [-0.4, -0.2) is 48.9 Å². The molecule has 0 radical (unpaired) electrons. The largest absolute Gasteiger partial charge is 0.492 e. The van der Waals surface area contributed by atoms with Gasteiger partial charge in [-0.25, -0.2) is 0 Å². The summed E-state index contributed by atoms with van der Waals surface area (Å²) in [4.78, 5) is 2.07.